The van der Waals surface area contributed by atoms with Crippen LogP contribution in [0.3, 0.4) is 0 Å². The highest BCUT2D eigenvalue weighted by Gasteiger charge is 2.34. The number of nitrogens with zero attached hydrogens (tertiary/aromatic N) is 1. The first kappa shape index (κ1) is 16.9. The Kier molecular flexibility index (Phi) is 7.54. The van der Waals surface area contributed by atoms with Crippen molar-refractivity contribution in [2.45, 2.75) is 32.7 Å². The average Bonchev–Trinajstić information content (AvgIpc) is 2.44. The van der Waals surface area contributed by atoms with E-state index in [9.17, 15) is 9.59 Å². The lowest BCUT2D eigenvalue weighted by atomic mass is 9.96. The quantitative estimate of drug-likeness (QED) is 0.624. The summed E-state index contributed by atoms with van der Waals surface area (Å²) < 4.78 is 10.2. The van der Waals surface area contributed by atoms with Crippen LogP contribution < -0.4 is 5.32 Å². The van der Waals surface area contributed by atoms with Gasteiger partial charge in [0.15, 0.2) is 0 Å². The number of nitrogens with one attached hydrogen (secondary N) is 1. The molecule has 0 aromatic carbocycles. The largest absolute Gasteiger partial charge is 0.382 e. The van der Waals surface area contributed by atoms with Crippen molar-refractivity contribution in [3.63, 3.8) is 0 Å². The van der Waals surface area contributed by atoms with Crippen molar-refractivity contribution in [2.75, 3.05) is 40.0 Å². The molecule has 1 fully saturated rings. The fourth-order valence-corrected chi connectivity index (χ4v) is 2.14. The molecule has 2 atom stereocenters. The van der Waals surface area contributed by atoms with Crippen LogP contribution in [-0.2, 0) is 19.1 Å². The van der Waals surface area contributed by atoms with Crippen LogP contribution >= 0.6 is 0 Å². The van der Waals surface area contributed by atoms with Gasteiger partial charge >= 0.3 is 0 Å². The van der Waals surface area contributed by atoms with Gasteiger partial charge in [-0.2, -0.15) is 0 Å². The summed E-state index contributed by atoms with van der Waals surface area (Å²) in [5.41, 5.74) is 0. The molecule has 0 aliphatic carbocycles. The molecule has 1 aliphatic heterocycles. The summed E-state index contributed by atoms with van der Waals surface area (Å²) in [4.78, 5) is 25.6. The number of hydrogen-bond donors (Lipinski definition) is 1. The molecule has 0 radical (unpaired) electrons. The second-order valence-corrected chi connectivity index (χ2v) is 5.15. The van der Waals surface area contributed by atoms with E-state index in [0.717, 1.165) is 12.8 Å². The Morgan fingerprint density at radius 3 is 2.75 bits per heavy atom. The van der Waals surface area contributed by atoms with E-state index in [1.54, 1.807) is 12.0 Å². The molecule has 0 saturated carbocycles. The molecule has 2 amide bonds. The van der Waals surface area contributed by atoms with Crippen LogP contribution in [0.15, 0.2) is 0 Å². The zero-order valence-electron chi connectivity index (χ0n) is 12.7. The highest BCUT2D eigenvalue weighted by atomic mass is 16.5. The summed E-state index contributed by atoms with van der Waals surface area (Å²) in [6.45, 7) is 6.42. The van der Waals surface area contributed by atoms with Crippen LogP contribution in [0.2, 0.25) is 0 Å². The predicted octanol–water partition coefficient (Wildman–Crippen LogP) is 0.413. The van der Waals surface area contributed by atoms with Gasteiger partial charge in [-0.05, 0) is 12.3 Å². The molecular formula is C14H26N2O4. The van der Waals surface area contributed by atoms with Crippen molar-refractivity contribution in [1.29, 1.82) is 0 Å². The standard InChI is InChI=1S/C14H26N2O4/c1-4-11(2)13-14(18)16(10-12(17)15-13)6-5-7-20-9-8-19-3/h11,13H,4-10H2,1-3H3,(H,15,17). The maximum absolute atomic E-state index is 12.3. The van der Waals surface area contributed by atoms with Crippen molar-refractivity contribution >= 4 is 11.8 Å². The van der Waals surface area contributed by atoms with Gasteiger partial charge in [-0.1, -0.05) is 20.3 Å². The minimum atomic E-state index is -0.379. The SMILES string of the molecule is CCC(C)C1NC(=O)CN(CCCOCCOC)C1=O. The number of carbonyl (C=O) groups is 2. The Morgan fingerprint density at radius 1 is 1.35 bits per heavy atom. The van der Waals surface area contributed by atoms with E-state index in [1.807, 2.05) is 13.8 Å². The number of piperazine rings is 1. The van der Waals surface area contributed by atoms with Crippen molar-refractivity contribution in [3.8, 4) is 0 Å². The summed E-state index contributed by atoms with van der Waals surface area (Å²) in [5.74, 6) is 0.109. The maximum Gasteiger partial charge on any atom is 0.245 e. The smallest absolute Gasteiger partial charge is 0.245 e. The number of methoxy groups -OCH3 is 1. The number of carbonyl (C=O) groups excluding carboxylic acids is 2. The average molecular weight is 286 g/mol. The van der Waals surface area contributed by atoms with Gasteiger partial charge in [0.25, 0.3) is 0 Å². The summed E-state index contributed by atoms with van der Waals surface area (Å²) in [6.07, 6.45) is 1.60. The third-order valence-electron chi connectivity index (χ3n) is 3.59. The molecule has 0 aromatic heterocycles. The van der Waals surface area contributed by atoms with Gasteiger partial charge < -0.3 is 19.7 Å². The highest BCUT2D eigenvalue weighted by Crippen LogP contribution is 2.14. The molecule has 1 N–H and O–H groups in total. The second kappa shape index (κ2) is 8.92. The first-order chi connectivity index (χ1) is 9.60. The fraction of sp³-hybridized carbons (Fsp3) is 0.857. The van der Waals surface area contributed by atoms with Gasteiger partial charge in [-0.25, -0.2) is 0 Å². The van der Waals surface area contributed by atoms with E-state index in [4.69, 9.17) is 9.47 Å². The fourth-order valence-electron chi connectivity index (χ4n) is 2.14. The van der Waals surface area contributed by atoms with Crippen LogP contribution in [0.5, 0.6) is 0 Å². The van der Waals surface area contributed by atoms with E-state index >= 15 is 0 Å². The minimum Gasteiger partial charge on any atom is -0.382 e. The topological polar surface area (TPSA) is 67.9 Å². The minimum absolute atomic E-state index is 0.0239. The molecule has 0 bridgehead atoms. The van der Waals surface area contributed by atoms with Gasteiger partial charge in [0.2, 0.25) is 11.8 Å². The number of amides is 2. The van der Waals surface area contributed by atoms with E-state index < -0.39 is 0 Å². The van der Waals surface area contributed by atoms with E-state index in [0.29, 0.717) is 26.4 Å². The lowest BCUT2D eigenvalue weighted by Crippen LogP contribution is -2.60. The highest BCUT2D eigenvalue weighted by molar-refractivity contribution is 5.94. The Balaban J connectivity index is 2.36. The van der Waals surface area contributed by atoms with Crippen LogP contribution in [0.4, 0.5) is 0 Å². The first-order valence-corrected chi connectivity index (χ1v) is 7.25. The molecule has 0 spiro atoms. The summed E-state index contributed by atoms with van der Waals surface area (Å²) in [5, 5.41) is 2.79. The zero-order chi connectivity index (χ0) is 15.0. The molecule has 1 aliphatic rings. The monoisotopic (exact) mass is 286 g/mol. The Bertz CT molecular complexity index is 322. The van der Waals surface area contributed by atoms with Crippen LogP contribution in [0, 0.1) is 5.92 Å². The van der Waals surface area contributed by atoms with Gasteiger partial charge in [-0.15, -0.1) is 0 Å². The maximum atomic E-state index is 12.3. The second-order valence-electron chi connectivity index (χ2n) is 5.15. The molecular weight excluding hydrogens is 260 g/mol. The number of ether oxygens (including phenoxy) is 2. The van der Waals surface area contributed by atoms with Gasteiger partial charge in [0.1, 0.15) is 6.04 Å². The molecule has 1 saturated heterocycles. The normalized spacial score (nSPS) is 20.9. The molecule has 6 heteroatoms. The van der Waals surface area contributed by atoms with Crippen molar-refractivity contribution < 1.29 is 19.1 Å². The van der Waals surface area contributed by atoms with Gasteiger partial charge in [0.05, 0.1) is 19.8 Å². The molecule has 1 rings (SSSR count). The molecule has 2 unspecified atom stereocenters. The molecule has 116 valence electrons. The molecule has 6 nitrogen and oxygen atoms in total. The molecule has 20 heavy (non-hydrogen) atoms. The van der Waals surface area contributed by atoms with Crippen LogP contribution in [0.25, 0.3) is 0 Å². The van der Waals surface area contributed by atoms with Gasteiger partial charge in [-0.3, -0.25) is 9.59 Å². The number of hydrogen-bond acceptors (Lipinski definition) is 4. The summed E-state index contributed by atoms with van der Waals surface area (Å²) >= 11 is 0. The summed E-state index contributed by atoms with van der Waals surface area (Å²) in [7, 11) is 1.63. The van der Waals surface area contributed by atoms with Crippen LogP contribution in [0.1, 0.15) is 26.7 Å². The van der Waals surface area contributed by atoms with Crippen molar-refractivity contribution in [1.82, 2.24) is 10.2 Å². The third kappa shape index (κ3) is 5.09. The predicted molar refractivity (Wildman–Crippen MR) is 75.3 cm³/mol. The van der Waals surface area contributed by atoms with Crippen molar-refractivity contribution in [2.24, 2.45) is 5.92 Å². The Hall–Kier alpha value is -1.14. The lowest BCUT2D eigenvalue weighted by molar-refractivity contribution is -0.145. The van der Waals surface area contributed by atoms with E-state index in [-0.39, 0.29) is 30.3 Å². The van der Waals surface area contributed by atoms with E-state index in [2.05, 4.69) is 5.32 Å². The molecule has 0 aromatic rings. The van der Waals surface area contributed by atoms with Crippen molar-refractivity contribution in [3.05, 3.63) is 0 Å². The van der Waals surface area contributed by atoms with Crippen LogP contribution in [-0.4, -0.2) is 62.8 Å². The zero-order valence-corrected chi connectivity index (χ0v) is 12.7. The third-order valence-corrected chi connectivity index (χ3v) is 3.59. The number of rotatable bonds is 9. The summed E-state index contributed by atoms with van der Waals surface area (Å²) in [6, 6.07) is -0.379. The van der Waals surface area contributed by atoms with E-state index in [1.165, 1.54) is 0 Å². The lowest BCUT2D eigenvalue weighted by Gasteiger charge is -2.35. The molecule has 1 heterocycles. The Morgan fingerprint density at radius 2 is 2.10 bits per heavy atom. The Labute approximate surface area is 120 Å². The first-order valence-electron chi connectivity index (χ1n) is 7.25. The van der Waals surface area contributed by atoms with Gasteiger partial charge in [0, 0.05) is 20.3 Å².